The van der Waals surface area contributed by atoms with Crippen LogP contribution < -0.4 is 5.32 Å². The van der Waals surface area contributed by atoms with Gasteiger partial charge in [-0.1, -0.05) is 26.2 Å². The summed E-state index contributed by atoms with van der Waals surface area (Å²) in [5.74, 6) is 0.781. The summed E-state index contributed by atoms with van der Waals surface area (Å²) >= 11 is 0. The largest absolute Gasteiger partial charge is 0.378 e. The van der Waals surface area contributed by atoms with Gasteiger partial charge >= 0.3 is 0 Å². The van der Waals surface area contributed by atoms with E-state index in [2.05, 4.69) is 17.1 Å². The second-order valence-corrected chi connectivity index (χ2v) is 6.87. The van der Waals surface area contributed by atoms with Crippen LogP contribution in [0.2, 0.25) is 0 Å². The summed E-state index contributed by atoms with van der Waals surface area (Å²) in [5, 5.41) is 3.84. The molecule has 0 aromatic carbocycles. The standard InChI is InChI=1S/C16H30N2O/c1-2-15-14(6-11-19-15)12-18-10-9-17-16(13-18)7-4-3-5-8-16/h14-15,17H,2-13H2,1H3. The highest BCUT2D eigenvalue weighted by Gasteiger charge is 2.37. The Bertz CT molecular complexity index is 283. The Kier molecular flexibility index (Phi) is 4.45. The Morgan fingerprint density at radius 1 is 1.26 bits per heavy atom. The number of nitrogens with zero attached hydrogens (tertiary/aromatic N) is 1. The molecule has 0 aromatic heterocycles. The Hall–Kier alpha value is -0.120. The Balaban J connectivity index is 1.56. The summed E-state index contributed by atoms with van der Waals surface area (Å²) in [5.41, 5.74) is 0.456. The van der Waals surface area contributed by atoms with Gasteiger partial charge in [0.05, 0.1) is 6.10 Å². The topological polar surface area (TPSA) is 24.5 Å². The van der Waals surface area contributed by atoms with Gasteiger partial charge in [0.2, 0.25) is 0 Å². The molecule has 1 aliphatic carbocycles. The molecule has 3 heteroatoms. The van der Waals surface area contributed by atoms with E-state index in [4.69, 9.17) is 4.74 Å². The SMILES string of the molecule is CCC1OCCC1CN1CCNC2(CCCCC2)C1. The maximum Gasteiger partial charge on any atom is 0.0613 e. The minimum absolute atomic E-state index is 0.456. The number of piperazine rings is 1. The average molecular weight is 266 g/mol. The van der Waals surface area contributed by atoms with Gasteiger partial charge in [-0.15, -0.1) is 0 Å². The van der Waals surface area contributed by atoms with Crippen LogP contribution >= 0.6 is 0 Å². The van der Waals surface area contributed by atoms with Crippen molar-refractivity contribution in [1.29, 1.82) is 0 Å². The molecule has 1 spiro atoms. The third-order valence-electron chi connectivity index (χ3n) is 5.51. The van der Waals surface area contributed by atoms with E-state index in [0.717, 1.165) is 12.5 Å². The number of hydrogen-bond donors (Lipinski definition) is 1. The maximum absolute atomic E-state index is 5.85. The van der Waals surface area contributed by atoms with Gasteiger partial charge in [0.25, 0.3) is 0 Å². The first-order valence-corrected chi connectivity index (χ1v) is 8.40. The van der Waals surface area contributed by atoms with E-state index in [1.807, 2.05) is 0 Å². The minimum atomic E-state index is 0.456. The fourth-order valence-corrected chi connectivity index (χ4v) is 4.45. The lowest BCUT2D eigenvalue weighted by molar-refractivity contribution is 0.0526. The molecular weight excluding hydrogens is 236 g/mol. The minimum Gasteiger partial charge on any atom is -0.378 e. The van der Waals surface area contributed by atoms with Crippen molar-refractivity contribution in [2.75, 3.05) is 32.8 Å². The lowest BCUT2D eigenvalue weighted by Crippen LogP contribution is -2.61. The van der Waals surface area contributed by atoms with Crippen molar-refractivity contribution in [3.05, 3.63) is 0 Å². The van der Waals surface area contributed by atoms with Crippen molar-refractivity contribution in [3.63, 3.8) is 0 Å². The fourth-order valence-electron chi connectivity index (χ4n) is 4.45. The zero-order chi connectivity index (χ0) is 13.1. The van der Waals surface area contributed by atoms with E-state index in [0.29, 0.717) is 11.6 Å². The lowest BCUT2D eigenvalue weighted by Gasteiger charge is -2.47. The van der Waals surface area contributed by atoms with Crippen molar-refractivity contribution in [2.24, 2.45) is 5.92 Å². The third kappa shape index (κ3) is 3.14. The fraction of sp³-hybridized carbons (Fsp3) is 1.00. The number of rotatable bonds is 3. The molecule has 3 rings (SSSR count). The maximum atomic E-state index is 5.85. The van der Waals surface area contributed by atoms with Gasteiger partial charge in [0.1, 0.15) is 0 Å². The van der Waals surface area contributed by atoms with Crippen LogP contribution in [0.3, 0.4) is 0 Å². The van der Waals surface area contributed by atoms with Crippen LogP contribution in [0, 0.1) is 5.92 Å². The summed E-state index contributed by atoms with van der Waals surface area (Å²) in [6.07, 6.45) is 10.0. The van der Waals surface area contributed by atoms with Crippen LogP contribution in [0.1, 0.15) is 51.9 Å². The van der Waals surface area contributed by atoms with Crippen molar-refractivity contribution >= 4 is 0 Å². The van der Waals surface area contributed by atoms with E-state index in [-0.39, 0.29) is 0 Å². The number of hydrogen-bond acceptors (Lipinski definition) is 3. The van der Waals surface area contributed by atoms with Crippen LogP contribution in [0.5, 0.6) is 0 Å². The highest BCUT2D eigenvalue weighted by molar-refractivity contribution is 4.97. The highest BCUT2D eigenvalue weighted by Crippen LogP contribution is 2.32. The van der Waals surface area contributed by atoms with Gasteiger partial charge < -0.3 is 10.1 Å². The molecule has 0 amide bonds. The van der Waals surface area contributed by atoms with Gasteiger partial charge in [-0.05, 0) is 31.6 Å². The Labute approximate surface area is 118 Å². The summed E-state index contributed by atoms with van der Waals surface area (Å²) in [6, 6.07) is 0. The quantitative estimate of drug-likeness (QED) is 0.849. The first-order chi connectivity index (χ1) is 9.31. The molecule has 2 aliphatic heterocycles. The summed E-state index contributed by atoms with van der Waals surface area (Å²) in [7, 11) is 0. The zero-order valence-corrected chi connectivity index (χ0v) is 12.5. The van der Waals surface area contributed by atoms with E-state index < -0.39 is 0 Å². The lowest BCUT2D eigenvalue weighted by atomic mass is 9.80. The molecule has 3 aliphatic rings. The molecule has 0 radical (unpaired) electrons. The molecule has 2 saturated heterocycles. The van der Waals surface area contributed by atoms with Gasteiger partial charge in [-0.2, -0.15) is 0 Å². The summed E-state index contributed by atoms with van der Waals surface area (Å²) < 4.78 is 5.85. The monoisotopic (exact) mass is 266 g/mol. The molecule has 0 bridgehead atoms. The Morgan fingerprint density at radius 2 is 2.11 bits per heavy atom. The normalized spacial score (nSPS) is 35.8. The molecular formula is C16H30N2O. The van der Waals surface area contributed by atoms with Crippen molar-refractivity contribution in [3.8, 4) is 0 Å². The van der Waals surface area contributed by atoms with Crippen LogP contribution in [-0.4, -0.2) is 49.3 Å². The van der Waals surface area contributed by atoms with Crippen molar-refractivity contribution in [2.45, 2.75) is 63.5 Å². The summed E-state index contributed by atoms with van der Waals surface area (Å²) in [4.78, 5) is 2.73. The molecule has 2 atom stereocenters. The smallest absolute Gasteiger partial charge is 0.0613 e. The predicted octanol–water partition coefficient (Wildman–Crippen LogP) is 2.41. The number of nitrogens with one attached hydrogen (secondary N) is 1. The average Bonchev–Trinajstić information content (AvgIpc) is 2.87. The van der Waals surface area contributed by atoms with E-state index in [9.17, 15) is 0 Å². The van der Waals surface area contributed by atoms with Crippen molar-refractivity contribution < 1.29 is 4.74 Å². The molecule has 3 fully saturated rings. The van der Waals surface area contributed by atoms with Crippen LogP contribution in [0.15, 0.2) is 0 Å². The zero-order valence-electron chi connectivity index (χ0n) is 12.5. The molecule has 110 valence electrons. The van der Waals surface area contributed by atoms with Crippen LogP contribution in [0.25, 0.3) is 0 Å². The van der Waals surface area contributed by atoms with Crippen LogP contribution in [-0.2, 0) is 4.74 Å². The molecule has 2 heterocycles. The Morgan fingerprint density at radius 3 is 2.89 bits per heavy atom. The molecule has 1 saturated carbocycles. The van der Waals surface area contributed by atoms with E-state index in [1.54, 1.807) is 0 Å². The van der Waals surface area contributed by atoms with Gasteiger partial charge in [-0.3, -0.25) is 4.90 Å². The second-order valence-electron chi connectivity index (χ2n) is 6.87. The first kappa shape index (κ1) is 13.8. The van der Waals surface area contributed by atoms with Gasteiger partial charge in [-0.25, -0.2) is 0 Å². The first-order valence-electron chi connectivity index (χ1n) is 8.40. The van der Waals surface area contributed by atoms with Crippen molar-refractivity contribution in [1.82, 2.24) is 10.2 Å². The third-order valence-corrected chi connectivity index (χ3v) is 5.51. The molecule has 1 N–H and O–H groups in total. The second kappa shape index (κ2) is 6.11. The molecule has 0 aromatic rings. The highest BCUT2D eigenvalue weighted by atomic mass is 16.5. The molecule has 2 unspecified atom stereocenters. The molecule has 19 heavy (non-hydrogen) atoms. The van der Waals surface area contributed by atoms with E-state index in [1.165, 1.54) is 71.1 Å². The predicted molar refractivity (Wildman–Crippen MR) is 78.4 cm³/mol. The number of ether oxygens (including phenoxy) is 1. The van der Waals surface area contributed by atoms with Gasteiger partial charge in [0, 0.05) is 38.3 Å². The van der Waals surface area contributed by atoms with Crippen LogP contribution in [0.4, 0.5) is 0 Å². The van der Waals surface area contributed by atoms with E-state index >= 15 is 0 Å². The van der Waals surface area contributed by atoms with Gasteiger partial charge in [0.15, 0.2) is 0 Å². The molecule has 3 nitrogen and oxygen atoms in total. The summed E-state index contributed by atoms with van der Waals surface area (Å²) in [6.45, 7) is 8.21.